The summed E-state index contributed by atoms with van der Waals surface area (Å²) in [6, 6.07) is 11.8. The monoisotopic (exact) mass is 432 g/mol. The molecule has 1 aromatic heterocycles. The van der Waals surface area contributed by atoms with E-state index in [1.54, 1.807) is 4.68 Å². The van der Waals surface area contributed by atoms with Crippen molar-refractivity contribution in [3.8, 4) is 28.4 Å². The Labute approximate surface area is 185 Å². The van der Waals surface area contributed by atoms with E-state index in [0.717, 1.165) is 47.8 Å². The first kappa shape index (κ1) is 19.2. The number of amides is 1. The van der Waals surface area contributed by atoms with Gasteiger partial charge in [0, 0.05) is 45.5 Å². The van der Waals surface area contributed by atoms with Crippen LogP contribution >= 0.6 is 0 Å². The lowest BCUT2D eigenvalue weighted by Crippen LogP contribution is -2.44. The molecule has 0 N–H and O–H groups in total. The van der Waals surface area contributed by atoms with Crippen molar-refractivity contribution in [2.24, 2.45) is 7.05 Å². The van der Waals surface area contributed by atoms with Crippen molar-refractivity contribution >= 4 is 5.91 Å². The van der Waals surface area contributed by atoms with Crippen LogP contribution in [0.2, 0.25) is 0 Å². The Morgan fingerprint density at radius 1 is 1.00 bits per heavy atom. The number of fused-ring (bicyclic) bond motifs is 3. The number of carbonyl (C=O) groups is 1. The highest BCUT2D eigenvalue weighted by molar-refractivity contribution is 5.98. The Balaban J connectivity index is 1.25. The molecular weight excluding hydrogens is 408 g/mol. The SMILES string of the molecule is CN1C(=O)c2ccc(-c3cnn(C)c3)cc2OC2CN(Cc3ccc4c(c3)OCO4)CC21. The Morgan fingerprint density at radius 2 is 1.88 bits per heavy atom. The first-order valence-electron chi connectivity index (χ1n) is 10.7. The van der Waals surface area contributed by atoms with Gasteiger partial charge in [0.25, 0.3) is 5.91 Å². The minimum Gasteiger partial charge on any atom is -0.486 e. The molecule has 1 fully saturated rings. The summed E-state index contributed by atoms with van der Waals surface area (Å²) in [5.74, 6) is 2.21. The zero-order chi connectivity index (χ0) is 21.8. The van der Waals surface area contributed by atoms with E-state index in [9.17, 15) is 4.79 Å². The van der Waals surface area contributed by atoms with Crippen molar-refractivity contribution in [3.63, 3.8) is 0 Å². The van der Waals surface area contributed by atoms with Crippen LogP contribution < -0.4 is 14.2 Å². The molecule has 2 unspecified atom stereocenters. The number of likely N-dealkylation sites (tertiary alicyclic amines) is 1. The maximum atomic E-state index is 13.2. The molecule has 0 saturated carbocycles. The number of ether oxygens (including phenoxy) is 3. The summed E-state index contributed by atoms with van der Waals surface area (Å²) >= 11 is 0. The van der Waals surface area contributed by atoms with Crippen molar-refractivity contribution in [2.75, 3.05) is 26.9 Å². The quantitative estimate of drug-likeness (QED) is 0.634. The summed E-state index contributed by atoms with van der Waals surface area (Å²) in [4.78, 5) is 17.4. The zero-order valence-electron chi connectivity index (χ0n) is 18.0. The highest BCUT2D eigenvalue weighted by atomic mass is 16.7. The molecule has 4 heterocycles. The number of hydrogen-bond donors (Lipinski definition) is 0. The number of aryl methyl sites for hydroxylation is 1. The largest absolute Gasteiger partial charge is 0.486 e. The molecule has 32 heavy (non-hydrogen) atoms. The maximum Gasteiger partial charge on any atom is 0.257 e. The number of benzene rings is 2. The summed E-state index contributed by atoms with van der Waals surface area (Å²) in [6.07, 6.45) is 3.68. The van der Waals surface area contributed by atoms with Gasteiger partial charge in [-0.2, -0.15) is 5.10 Å². The predicted molar refractivity (Wildman–Crippen MR) is 117 cm³/mol. The van der Waals surface area contributed by atoms with Crippen LogP contribution in [0.3, 0.4) is 0 Å². The van der Waals surface area contributed by atoms with E-state index < -0.39 is 0 Å². The lowest BCUT2D eigenvalue weighted by molar-refractivity contribution is 0.0682. The highest BCUT2D eigenvalue weighted by Crippen LogP contribution is 2.36. The van der Waals surface area contributed by atoms with Crippen molar-refractivity contribution in [1.29, 1.82) is 0 Å². The van der Waals surface area contributed by atoms with Gasteiger partial charge in [0.05, 0.1) is 17.8 Å². The number of likely N-dealkylation sites (N-methyl/N-ethyl adjacent to an activating group) is 1. The molecule has 8 heteroatoms. The Bertz CT molecular complexity index is 1210. The Morgan fingerprint density at radius 3 is 2.72 bits per heavy atom. The fourth-order valence-electron chi connectivity index (χ4n) is 4.80. The lowest BCUT2D eigenvalue weighted by Gasteiger charge is -2.25. The molecule has 2 atom stereocenters. The van der Waals surface area contributed by atoms with Crippen molar-refractivity contribution in [3.05, 3.63) is 59.9 Å². The predicted octanol–water partition coefficient (Wildman–Crippen LogP) is 2.53. The second kappa shape index (κ2) is 7.27. The van der Waals surface area contributed by atoms with E-state index in [0.29, 0.717) is 11.3 Å². The van der Waals surface area contributed by atoms with Gasteiger partial charge in [-0.05, 0) is 35.4 Å². The number of hydrogen-bond acceptors (Lipinski definition) is 6. The second-order valence-corrected chi connectivity index (χ2v) is 8.64. The van der Waals surface area contributed by atoms with E-state index in [4.69, 9.17) is 14.2 Å². The van der Waals surface area contributed by atoms with E-state index in [1.807, 2.05) is 61.7 Å². The zero-order valence-corrected chi connectivity index (χ0v) is 18.0. The molecule has 1 amide bonds. The van der Waals surface area contributed by atoms with Crippen LogP contribution in [0.1, 0.15) is 15.9 Å². The molecule has 3 aliphatic rings. The number of aromatic nitrogens is 2. The van der Waals surface area contributed by atoms with Crippen LogP contribution in [-0.2, 0) is 13.6 Å². The first-order valence-corrected chi connectivity index (χ1v) is 10.7. The fourth-order valence-corrected chi connectivity index (χ4v) is 4.80. The van der Waals surface area contributed by atoms with Crippen LogP contribution in [0.25, 0.3) is 11.1 Å². The topological polar surface area (TPSA) is 69.1 Å². The third-order valence-corrected chi connectivity index (χ3v) is 6.50. The third-order valence-electron chi connectivity index (χ3n) is 6.50. The van der Waals surface area contributed by atoms with Crippen LogP contribution in [-0.4, -0.2) is 64.6 Å². The first-order chi connectivity index (χ1) is 15.5. The molecular formula is C24H24N4O4. The van der Waals surface area contributed by atoms with Crippen molar-refractivity contribution in [2.45, 2.75) is 18.7 Å². The summed E-state index contributed by atoms with van der Waals surface area (Å²) in [5, 5.41) is 4.25. The van der Waals surface area contributed by atoms with E-state index in [-0.39, 0.29) is 24.8 Å². The Kier molecular flexibility index (Phi) is 4.36. The number of rotatable bonds is 3. The molecule has 8 nitrogen and oxygen atoms in total. The van der Waals surface area contributed by atoms with E-state index in [2.05, 4.69) is 16.1 Å². The number of nitrogens with zero attached hydrogens (tertiary/aromatic N) is 4. The molecule has 3 aromatic rings. The molecule has 0 spiro atoms. The van der Waals surface area contributed by atoms with Gasteiger partial charge in [-0.15, -0.1) is 0 Å². The molecule has 6 rings (SSSR count). The Hall–Kier alpha value is -3.52. The minimum atomic E-state index is -0.0941. The molecule has 3 aliphatic heterocycles. The summed E-state index contributed by atoms with van der Waals surface area (Å²) in [5.41, 5.74) is 3.74. The maximum absolute atomic E-state index is 13.2. The second-order valence-electron chi connectivity index (χ2n) is 8.64. The highest BCUT2D eigenvalue weighted by Gasteiger charge is 2.42. The van der Waals surface area contributed by atoms with Gasteiger partial charge < -0.3 is 19.1 Å². The van der Waals surface area contributed by atoms with Crippen LogP contribution in [0.5, 0.6) is 17.2 Å². The van der Waals surface area contributed by atoms with Gasteiger partial charge in [-0.3, -0.25) is 14.4 Å². The van der Waals surface area contributed by atoms with Crippen LogP contribution in [0, 0.1) is 0 Å². The standard InChI is InChI=1S/C24H24N4O4/c1-26-11-17(9-25-26)16-4-5-18-21(8-16)32-23-13-28(12-19(23)27(2)24(18)29)10-15-3-6-20-22(7-15)31-14-30-20/h3-9,11,19,23H,10,12-14H2,1-2H3. The van der Waals surface area contributed by atoms with E-state index >= 15 is 0 Å². The lowest BCUT2D eigenvalue weighted by atomic mass is 10.1. The molecule has 0 radical (unpaired) electrons. The van der Waals surface area contributed by atoms with Gasteiger partial charge in [0.2, 0.25) is 6.79 Å². The van der Waals surface area contributed by atoms with Crippen molar-refractivity contribution in [1.82, 2.24) is 19.6 Å². The molecule has 1 saturated heterocycles. The van der Waals surface area contributed by atoms with Gasteiger partial charge in [-0.25, -0.2) is 0 Å². The molecule has 0 aliphatic carbocycles. The third kappa shape index (κ3) is 3.18. The van der Waals surface area contributed by atoms with Crippen LogP contribution in [0.15, 0.2) is 48.8 Å². The molecule has 164 valence electrons. The van der Waals surface area contributed by atoms with Crippen LogP contribution in [0.4, 0.5) is 0 Å². The average molecular weight is 432 g/mol. The summed E-state index contributed by atoms with van der Waals surface area (Å²) < 4.78 is 19.1. The molecule has 2 aromatic carbocycles. The van der Waals surface area contributed by atoms with E-state index in [1.165, 1.54) is 0 Å². The molecule has 0 bridgehead atoms. The smallest absolute Gasteiger partial charge is 0.257 e. The number of carbonyl (C=O) groups excluding carboxylic acids is 1. The minimum absolute atomic E-state index is 0.00448. The summed E-state index contributed by atoms with van der Waals surface area (Å²) in [6.45, 7) is 2.53. The van der Waals surface area contributed by atoms with Crippen molar-refractivity contribution < 1.29 is 19.0 Å². The van der Waals surface area contributed by atoms with Gasteiger partial charge in [-0.1, -0.05) is 12.1 Å². The summed E-state index contributed by atoms with van der Waals surface area (Å²) in [7, 11) is 3.76. The average Bonchev–Trinajstić information content (AvgIpc) is 3.51. The van der Waals surface area contributed by atoms with Gasteiger partial charge in [0.1, 0.15) is 11.9 Å². The normalized spacial score (nSPS) is 21.8. The fraction of sp³-hybridized carbons (Fsp3) is 0.333. The van der Waals surface area contributed by atoms with Gasteiger partial charge >= 0.3 is 0 Å². The van der Waals surface area contributed by atoms with Gasteiger partial charge in [0.15, 0.2) is 11.5 Å².